The van der Waals surface area contributed by atoms with Crippen LogP contribution in [0.25, 0.3) is 0 Å². The summed E-state index contributed by atoms with van der Waals surface area (Å²) in [6.07, 6.45) is 2.57. The summed E-state index contributed by atoms with van der Waals surface area (Å²) >= 11 is 0. The number of ether oxygens (including phenoxy) is 1. The molecule has 0 saturated carbocycles. The predicted octanol–water partition coefficient (Wildman–Crippen LogP) is 2.06. The van der Waals surface area contributed by atoms with Crippen LogP contribution in [0, 0.1) is 5.92 Å². The molecule has 106 valence electrons. The molecule has 1 aliphatic heterocycles. The van der Waals surface area contributed by atoms with Gasteiger partial charge in [0.25, 0.3) is 0 Å². The Hall–Kier alpha value is -1.42. The van der Waals surface area contributed by atoms with E-state index >= 15 is 0 Å². The highest BCUT2D eigenvalue weighted by molar-refractivity contribution is 5.62. The van der Waals surface area contributed by atoms with Gasteiger partial charge in [0, 0.05) is 25.3 Å². The lowest BCUT2D eigenvalue weighted by atomic mass is 9.96. The molecule has 1 aromatic carbocycles. The molecule has 4 heteroatoms. The van der Waals surface area contributed by atoms with E-state index in [0.29, 0.717) is 5.69 Å². The molecule has 0 atom stereocenters. The van der Waals surface area contributed by atoms with Gasteiger partial charge >= 0.3 is 0 Å². The Labute approximate surface area is 116 Å². The fraction of sp³-hybridized carbons (Fsp3) is 0.600. The zero-order valence-corrected chi connectivity index (χ0v) is 12.2. The molecule has 4 nitrogen and oxygen atoms in total. The molecule has 0 amide bonds. The van der Waals surface area contributed by atoms with Crippen LogP contribution in [0.2, 0.25) is 0 Å². The number of rotatable bonds is 4. The van der Waals surface area contributed by atoms with Crippen molar-refractivity contribution in [2.75, 3.05) is 51.5 Å². The molecule has 1 aliphatic rings. The predicted molar refractivity (Wildman–Crippen MR) is 80.9 cm³/mol. The first-order valence-electron chi connectivity index (χ1n) is 6.93. The molecule has 0 spiro atoms. The van der Waals surface area contributed by atoms with E-state index in [1.807, 2.05) is 12.1 Å². The highest BCUT2D eigenvalue weighted by atomic mass is 16.5. The molecule has 1 aromatic rings. The van der Waals surface area contributed by atoms with E-state index in [4.69, 9.17) is 10.5 Å². The zero-order valence-electron chi connectivity index (χ0n) is 12.2. The third kappa shape index (κ3) is 3.53. The van der Waals surface area contributed by atoms with Crippen LogP contribution < -0.4 is 15.4 Å². The zero-order chi connectivity index (χ0) is 13.8. The maximum atomic E-state index is 5.85. The first-order chi connectivity index (χ1) is 9.10. The maximum absolute atomic E-state index is 5.85. The Bertz CT molecular complexity index is 414. The standard InChI is InChI=1S/C15H25N3O/c1-17-8-6-12(7-9-17)11-18(2)13-4-5-14(16)15(10-13)19-3/h4-5,10,12H,6-9,11,16H2,1-3H3. The van der Waals surface area contributed by atoms with E-state index in [9.17, 15) is 0 Å². The highest BCUT2D eigenvalue weighted by Gasteiger charge is 2.18. The molecule has 19 heavy (non-hydrogen) atoms. The Morgan fingerprint density at radius 3 is 2.68 bits per heavy atom. The molecule has 2 rings (SSSR count). The van der Waals surface area contributed by atoms with Gasteiger partial charge in [0.1, 0.15) is 5.75 Å². The van der Waals surface area contributed by atoms with Crippen molar-refractivity contribution >= 4 is 11.4 Å². The summed E-state index contributed by atoms with van der Waals surface area (Å²) in [6, 6.07) is 6.00. The molecule has 1 fully saturated rings. The Kier molecular flexibility index (Phi) is 4.53. The molecule has 1 heterocycles. The number of nitrogens with two attached hydrogens (primary N) is 1. The highest BCUT2D eigenvalue weighted by Crippen LogP contribution is 2.28. The lowest BCUT2D eigenvalue weighted by molar-refractivity contribution is 0.222. The first kappa shape index (κ1) is 14.0. The molecule has 0 unspecified atom stereocenters. The molecular weight excluding hydrogens is 238 g/mol. The molecule has 0 aliphatic carbocycles. The number of piperidine rings is 1. The summed E-state index contributed by atoms with van der Waals surface area (Å²) in [5.74, 6) is 1.54. The lowest BCUT2D eigenvalue weighted by Gasteiger charge is -2.32. The van der Waals surface area contributed by atoms with Gasteiger partial charge in [0.2, 0.25) is 0 Å². The summed E-state index contributed by atoms with van der Waals surface area (Å²) in [6.45, 7) is 3.52. The summed E-state index contributed by atoms with van der Waals surface area (Å²) in [5, 5.41) is 0. The number of benzene rings is 1. The van der Waals surface area contributed by atoms with Gasteiger partial charge < -0.3 is 20.3 Å². The minimum Gasteiger partial charge on any atom is -0.495 e. The third-order valence-corrected chi connectivity index (χ3v) is 4.03. The minimum atomic E-state index is 0.693. The van der Waals surface area contributed by atoms with Gasteiger partial charge in [-0.3, -0.25) is 0 Å². The fourth-order valence-electron chi connectivity index (χ4n) is 2.67. The fourth-order valence-corrected chi connectivity index (χ4v) is 2.67. The van der Waals surface area contributed by atoms with Crippen molar-refractivity contribution in [3.63, 3.8) is 0 Å². The molecule has 0 bridgehead atoms. The maximum Gasteiger partial charge on any atom is 0.143 e. The van der Waals surface area contributed by atoms with Crippen LogP contribution in [0.3, 0.4) is 0 Å². The van der Waals surface area contributed by atoms with Crippen molar-refractivity contribution in [2.24, 2.45) is 5.92 Å². The van der Waals surface area contributed by atoms with Crippen molar-refractivity contribution in [1.82, 2.24) is 4.90 Å². The Morgan fingerprint density at radius 2 is 2.05 bits per heavy atom. The SMILES string of the molecule is COc1cc(N(C)CC2CCN(C)CC2)ccc1N. The minimum absolute atomic E-state index is 0.693. The molecular formula is C15H25N3O. The van der Waals surface area contributed by atoms with E-state index in [1.54, 1.807) is 7.11 Å². The van der Waals surface area contributed by atoms with Crippen LogP contribution in [-0.2, 0) is 0 Å². The monoisotopic (exact) mass is 263 g/mol. The average molecular weight is 263 g/mol. The number of hydrogen-bond acceptors (Lipinski definition) is 4. The quantitative estimate of drug-likeness (QED) is 0.844. The topological polar surface area (TPSA) is 41.7 Å². The van der Waals surface area contributed by atoms with Crippen LogP contribution >= 0.6 is 0 Å². The lowest BCUT2D eigenvalue weighted by Crippen LogP contribution is -2.35. The summed E-state index contributed by atoms with van der Waals surface area (Å²) in [5.41, 5.74) is 7.72. The summed E-state index contributed by atoms with van der Waals surface area (Å²) < 4.78 is 5.28. The van der Waals surface area contributed by atoms with Crippen LogP contribution in [-0.4, -0.2) is 45.7 Å². The Morgan fingerprint density at radius 1 is 1.37 bits per heavy atom. The van der Waals surface area contributed by atoms with Gasteiger partial charge in [-0.05, 0) is 51.0 Å². The number of hydrogen-bond donors (Lipinski definition) is 1. The van der Waals surface area contributed by atoms with Crippen LogP contribution in [0.4, 0.5) is 11.4 Å². The van der Waals surface area contributed by atoms with E-state index in [1.165, 1.54) is 31.6 Å². The summed E-state index contributed by atoms with van der Waals surface area (Å²) in [4.78, 5) is 4.71. The van der Waals surface area contributed by atoms with E-state index < -0.39 is 0 Å². The van der Waals surface area contributed by atoms with Crippen molar-refractivity contribution in [3.05, 3.63) is 18.2 Å². The van der Waals surface area contributed by atoms with Gasteiger partial charge in [0.05, 0.1) is 12.8 Å². The van der Waals surface area contributed by atoms with Gasteiger partial charge in [0.15, 0.2) is 0 Å². The van der Waals surface area contributed by atoms with Crippen LogP contribution in [0.1, 0.15) is 12.8 Å². The molecule has 0 radical (unpaired) electrons. The normalized spacial score (nSPS) is 17.4. The van der Waals surface area contributed by atoms with Crippen molar-refractivity contribution in [1.29, 1.82) is 0 Å². The third-order valence-electron chi connectivity index (χ3n) is 4.03. The van der Waals surface area contributed by atoms with Crippen molar-refractivity contribution < 1.29 is 4.74 Å². The molecule has 0 aromatic heterocycles. The molecule has 2 N–H and O–H groups in total. The van der Waals surface area contributed by atoms with Crippen LogP contribution in [0.5, 0.6) is 5.75 Å². The van der Waals surface area contributed by atoms with Crippen molar-refractivity contribution in [3.8, 4) is 5.75 Å². The molecule has 1 saturated heterocycles. The van der Waals surface area contributed by atoms with Crippen molar-refractivity contribution in [2.45, 2.75) is 12.8 Å². The number of likely N-dealkylation sites (tertiary alicyclic amines) is 1. The number of anilines is 2. The number of methoxy groups -OCH3 is 1. The van der Waals surface area contributed by atoms with Gasteiger partial charge in [-0.2, -0.15) is 0 Å². The summed E-state index contributed by atoms with van der Waals surface area (Å²) in [7, 11) is 6.00. The van der Waals surface area contributed by atoms with Gasteiger partial charge in [-0.25, -0.2) is 0 Å². The van der Waals surface area contributed by atoms with Gasteiger partial charge in [-0.1, -0.05) is 0 Å². The van der Waals surface area contributed by atoms with E-state index in [-0.39, 0.29) is 0 Å². The van der Waals surface area contributed by atoms with E-state index in [0.717, 1.165) is 18.2 Å². The van der Waals surface area contributed by atoms with E-state index in [2.05, 4.69) is 30.0 Å². The second-order valence-electron chi connectivity index (χ2n) is 5.55. The van der Waals surface area contributed by atoms with Gasteiger partial charge in [-0.15, -0.1) is 0 Å². The first-order valence-corrected chi connectivity index (χ1v) is 6.93. The number of nitrogen functional groups attached to an aromatic ring is 1. The second-order valence-corrected chi connectivity index (χ2v) is 5.55. The largest absolute Gasteiger partial charge is 0.495 e. The average Bonchev–Trinajstić information content (AvgIpc) is 2.42. The smallest absolute Gasteiger partial charge is 0.143 e. The Balaban J connectivity index is 1.97. The second kappa shape index (κ2) is 6.15. The van der Waals surface area contributed by atoms with Crippen LogP contribution in [0.15, 0.2) is 18.2 Å². The number of nitrogens with zero attached hydrogens (tertiary/aromatic N) is 2.